The zero-order valence-corrected chi connectivity index (χ0v) is 13.1. The molecular weight excluding hydrogens is 327 g/mol. The zero-order chi connectivity index (χ0) is 14.0. The fraction of sp³-hybridized carbons (Fsp3) is 0.214. The summed E-state index contributed by atoms with van der Waals surface area (Å²) in [5.41, 5.74) is 7.32. The number of benzene rings is 1. The molecule has 100 valence electrons. The lowest BCUT2D eigenvalue weighted by Gasteiger charge is -2.13. The molecule has 0 amide bonds. The Hall–Kier alpha value is -0.910. The van der Waals surface area contributed by atoms with Crippen molar-refractivity contribution in [3.05, 3.63) is 51.9 Å². The molecule has 0 unspecified atom stereocenters. The first-order valence-corrected chi connectivity index (χ1v) is 7.43. The normalized spacial score (nSPS) is 12.5. The van der Waals surface area contributed by atoms with E-state index in [2.05, 4.69) is 20.9 Å². The summed E-state index contributed by atoms with van der Waals surface area (Å²) >= 11 is 4.84. The molecule has 5 heteroatoms. The van der Waals surface area contributed by atoms with Gasteiger partial charge in [0.15, 0.2) is 0 Å². The van der Waals surface area contributed by atoms with Crippen LogP contribution in [-0.2, 0) is 0 Å². The van der Waals surface area contributed by atoms with E-state index < -0.39 is 0 Å². The molecule has 2 aromatic rings. The van der Waals surface area contributed by atoms with Gasteiger partial charge >= 0.3 is 0 Å². The van der Waals surface area contributed by atoms with Crippen LogP contribution in [0.3, 0.4) is 0 Å². The monoisotopic (exact) mass is 340 g/mol. The largest absolute Gasteiger partial charge is 0.324 e. The molecule has 1 aromatic heterocycles. The van der Waals surface area contributed by atoms with Gasteiger partial charge in [0.05, 0.1) is 0 Å². The first-order chi connectivity index (χ1) is 8.97. The minimum Gasteiger partial charge on any atom is -0.324 e. The smallest absolute Gasteiger partial charge is 0.126 e. The van der Waals surface area contributed by atoms with Crippen LogP contribution in [0.25, 0.3) is 0 Å². The molecule has 0 bridgehead atoms. The number of hydrogen-bond donors (Lipinski definition) is 1. The van der Waals surface area contributed by atoms with Gasteiger partial charge in [0.2, 0.25) is 0 Å². The van der Waals surface area contributed by atoms with Gasteiger partial charge < -0.3 is 5.73 Å². The Kier molecular flexibility index (Phi) is 4.60. The molecule has 0 spiro atoms. The molecule has 0 saturated heterocycles. The Morgan fingerprint density at radius 1 is 1.37 bits per heavy atom. The molecule has 2 N–H and O–H groups in total. The van der Waals surface area contributed by atoms with Gasteiger partial charge in [-0.05, 0) is 65.2 Å². The Morgan fingerprint density at radius 3 is 2.68 bits per heavy atom. The number of pyridine rings is 1. The molecule has 0 aliphatic carbocycles. The van der Waals surface area contributed by atoms with Crippen molar-refractivity contribution in [1.29, 1.82) is 0 Å². The molecule has 19 heavy (non-hydrogen) atoms. The number of hydrogen-bond acceptors (Lipinski definition) is 3. The summed E-state index contributed by atoms with van der Waals surface area (Å²) in [5.74, 6) is -0.222. The molecule has 1 heterocycles. The average Bonchev–Trinajstić information content (AvgIpc) is 2.36. The van der Waals surface area contributed by atoms with Crippen LogP contribution < -0.4 is 5.73 Å². The van der Waals surface area contributed by atoms with Crippen molar-refractivity contribution < 1.29 is 4.39 Å². The van der Waals surface area contributed by atoms with Crippen LogP contribution in [0.1, 0.15) is 24.1 Å². The van der Waals surface area contributed by atoms with Crippen LogP contribution in [0.5, 0.6) is 0 Å². The second kappa shape index (κ2) is 6.03. The highest BCUT2D eigenvalue weighted by Gasteiger charge is 2.12. The molecule has 0 fully saturated rings. The number of nitrogens with two attached hydrogens (primary N) is 1. The average molecular weight is 341 g/mol. The van der Waals surface area contributed by atoms with Gasteiger partial charge in [-0.2, -0.15) is 0 Å². The number of nitrogens with zero attached hydrogens (tertiary/aromatic N) is 1. The van der Waals surface area contributed by atoms with Crippen molar-refractivity contribution in [1.82, 2.24) is 4.98 Å². The predicted molar refractivity (Wildman–Crippen MR) is 79.8 cm³/mol. The summed E-state index contributed by atoms with van der Waals surface area (Å²) < 4.78 is 14.6. The maximum atomic E-state index is 13.6. The number of aromatic nitrogens is 1. The maximum absolute atomic E-state index is 13.6. The van der Waals surface area contributed by atoms with Gasteiger partial charge in [-0.15, -0.1) is 0 Å². The van der Waals surface area contributed by atoms with Gasteiger partial charge in [-0.3, -0.25) is 0 Å². The van der Waals surface area contributed by atoms with Gasteiger partial charge in [-0.1, -0.05) is 11.8 Å². The van der Waals surface area contributed by atoms with Crippen molar-refractivity contribution in [3.63, 3.8) is 0 Å². The van der Waals surface area contributed by atoms with Crippen LogP contribution in [-0.4, -0.2) is 4.98 Å². The maximum Gasteiger partial charge on any atom is 0.126 e. The predicted octanol–water partition coefficient (Wildman–Crippen LogP) is 4.46. The quantitative estimate of drug-likeness (QED) is 0.896. The zero-order valence-electron chi connectivity index (χ0n) is 10.7. The minimum absolute atomic E-state index is 0.215. The molecule has 0 aliphatic heterocycles. The van der Waals surface area contributed by atoms with Gasteiger partial charge in [0.1, 0.15) is 10.8 Å². The highest BCUT2D eigenvalue weighted by molar-refractivity contribution is 9.10. The van der Waals surface area contributed by atoms with Crippen LogP contribution in [0.4, 0.5) is 4.39 Å². The molecule has 0 saturated carbocycles. The first kappa shape index (κ1) is 14.5. The molecule has 2 nitrogen and oxygen atoms in total. The van der Waals surface area contributed by atoms with E-state index in [4.69, 9.17) is 5.73 Å². The van der Waals surface area contributed by atoms with Gasteiger partial charge in [-0.25, -0.2) is 9.37 Å². The van der Waals surface area contributed by atoms with Crippen molar-refractivity contribution in [2.75, 3.05) is 0 Å². The van der Waals surface area contributed by atoms with Crippen molar-refractivity contribution >= 4 is 27.7 Å². The standard InChI is InChI=1S/C14H14BrFN2S/c1-8-5-13(11(9(2)17)6-12(8)16)19-14-4-3-10(15)7-18-14/h3-7,9H,17H2,1-2H3/t9-/m0/s1. The van der Waals surface area contributed by atoms with E-state index in [0.29, 0.717) is 5.56 Å². The van der Waals surface area contributed by atoms with Crippen molar-refractivity contribution in [2.45, 2.75) is 29.8 Å². The van der Waals surface area contributed by atoms with E-state index in [9.17, 15) is 4.39 Å². The molecule has 1 aromatic carbocycles. The second-order valence-corrected chi connectivity index (χ2v) is 6.32. The van der Waals surface area contributed by atoms with Gasteiger partial charge in [0, 0.05) is 21.6 Å². The van der Waals surface area contributed by atoms with Crippen LogP contribution in [0, 0.1) is 12.7 Å². The third-order valence-corrected chi connectivity index (χ3v) is 4.19. The van der Waals surface area contributed by atoms with Crippen LogP contribution >= 0.6 is 27.7 Å². The van der Waals surface area contributed by atoms with E-state index >= 15 is 0 Å². The summed E-state index contributed by atoms with van der Waals surface area (Å²) in [4.78, 5) is 5.26. The molecule has 0 aliphatic rings. The van der Waals surface area contributed by atoms with E-state index in [1.54, 1.807) is 13.1 Å². The van der Waals surface area contributed by atoms with Gasteiger partial charge in [0.25, 0.3) is 0 Å². The summed E-state index contributed by atoms with van der Waals surface area (Å²) in [6, 6.07) is 6.97. The number of aryl methyl sites for hydroxylation is 1. The fourth-order valence-corrected chi connectivity index (χ4v) is 2.95. The minimum atomic E-state index is -0.222. The van der Waals surface area contributed by atoms with Crippen molar-refractivity contribution in [3.8, 4) is 0 Å². The SMILES string of the molecule is Cc1cc(Sc2ccc(Br)cn2)c([C@H](C)N)cc1F. The van der Waals surface area contributed by atoms with Crippen molar-refractivity contribution in [2.24, 2.45) is 5.73 Å². The van der Waals surface area contributed by atoms with E-state index in [1.807, 2.05) is 25.1 Å². The van der Waals surface area contributed by atoms with Crippen LogP contribution in [0.15, 0.2) is 44.9 Å². The third-order valence-electron chi connectivity index (χ3n) is 2.70. The van der Waals surface area contributed by atoms with E-state index in [0.717, 1.165) is 20.0 Å². The number of rotatable bonds is 3. The van der Waals surface area contributed by atoms with E-state index in [1.165, 1.54) is 17.8 Å². The Bertz CT molecular complexity index is 585. The van der Waals surface area contributed by atoms with E-state index in [-0.39, 0.29) is 11.9 Å². The first-order valence-electron chi connectivity index (χ1n) is 5.82. The summed E-state index contributed by atoms with van der Waals surface area (Å²) in [6.07, 6.45) is 1.74. The third kappa shape index (κ3) is 3.55. The molecule has 1 atom stereocenters. The fourth-order valence-electron chi connectivity index (χ4n) is 1.65. The Labute approximate surface area is 124 Å². The topological polar surface area (TPSA) is 38.9 Å². The highest BCUT2D eigenvalue weighted by Crippen LogP contribution is 2.33. The van der Waals surface area contributed by atoms with Crippen LogP contribution in [0.2, 0.25) is 0 Å². The lowest BCUT2D eigenvalue weighted by atomic mass is 10.1. The second-order valence-electron chi connectivity index (χ2n) is 4.34. The lowest BCUT2D eigenvalue weighted by molar-refractivity contribution is 0.610. The molecule has 0 radical (unpaired) electrons. The summed E-state index contributed by atoms with van der Waals surface area (Å²) in [6.45, 7) is 3.60. The lowest BCUT2D eigenvalue weighted by Crippen LogP contribution is -2.07. The Balaban J connectivity index is 2.38. The summed E-state index contributed by atoms with van der Waals surface area (Å²) in [5, 5.41) is 0.858. The summed E-state index contributed by atoms with van der Waals surface area (Å²) in [7, 11) is 0. The highest BCUT2D eigenvalue weighted by atomic mass is 79.9. The molecular formula is C14H14BrFN2S. The number of halogens is 2. The molecule has 2 rings (SSSR count). The Morgan fingerprint density at radius 2 is 2.11 bits per heavy atom.